The Kier molecular flexibility index (Phi) is 1.66. The van der Waals surface area contributed by atoms with E-state index in [9.17, 15) is 0 Å². The van der Waals surface area contributed by atoms with Gasteiger partial charge in [0.1, 0.15) is 0 Å². The molecule has 0 saturated heterocycles. The Morgan fingerprint density at radius 1 is 1.25 bits per heavy atom. The monoisotopic (exact) mass is 220 g/mol. The zero-order valence-electron chi connectivity index (χ0n) is 11.0. The van der Waals surface area contributed by atoms with Gasteiger partial charge in [-0.3, -0.25) is 0 Å². The number of hydrogen-bond acceptors (Lipinski definition) is 2. The molecule has 2 heteroatoms. The zero-order chi connectivity index (χ0) is 11.8. The van der Waals surface area contributed by atoms with Crippen molar-refractivity contribution in [3.05, 3.63) is 12.3 Å². The fourth-order valence-corrected chi connectivity index (χ4v) is 4.41. The lowest BCUT2D eigenvalue weighted by Crippen LogP contribution is -2.54. The predicted molar refractivity (Wildman–Crippen MR) is 67.2 cm³/mol. The first-order valence-electron chi connectivity index (χ1n) is 6.43. The second-order valence-corrected chi connectivity index (χ2v) is 7.48. The third-order valence-electron chi connectivity index (χ3n) is 4.91. The van der Waals surface area contributed by atoms with Crippen LogP contribution in [0.25, 0.3) is 0 Å². The summed E-state index contributed by atoms with van der Waals surface area (Å²) in [4.78, 5) is 0. The molecular formula is C14H24N2. The Bertz CT molecular complexity index is 367. The molecule has 0 bridgehead atoms. The summed E-state index contributed by atoms with van der Waals surface area (Å²) >= 11 is 0. The van der Waals surface area contributed by atoms with Crippen molar-refractivity contribution in [1.82, 2.24) is 10.6 Å². The lowest BCUT2D eigenvalue weighted by Gasteiger charge is -2.40. The highest BCUT2D eigenvalue weighted by atomic mass is 15.2. The largest absolute Gasteiger partial charge is 0.388 e. The van der Waals surface area contributed by atoms with E-state index in [-0.39, 0.29) is 5.54 Å². The normalized spacial score (nSPS) is 47.5. The van der Waals surface area contributed by atoms with Gasteiger partial charge in [0.15, 0.2) is 0 Å². The Hall–Kier alpha value is -0.500. The summed E-state index contributed by atoms with van der Waals surface area (Å²) < 4.78 is 0. The second-order valence-electron chi connectivity index (χ2n) is 7.48. The average molecular weight is 220 g/mol. The van der Waals surface area contributed by atoms with Gasteiger partial charge >= 0.3 is 0 Å². The molecule has 0 aromatic heterocycles. The van der Waals surface area contributed by atoms with E-state index in [0.717, 1.165) is 12.2 Å². The molecular weight excluding hydrogens is 196 g/mol. The minimum absolute atomic E-state index is 0.264. The van der Waals surface area contributed by atoms with Gasteiger partial charge in [0.05, 0.1) is 0 Å². The van der Waals surface area contributed by atoms with E-state index in [1.807, 2.05) is 0 Å². The Labute approximate surface area is 98.9 Å². The molecule has 3 atom stereocenters. The quantitative estimate of drug-likeness (QED) is 0.760. The van der Waals surface area contributed by atoms with Gasteiger partial charge in [-0.05, 0) is 57.8 Å². The highest BCUT2D eigenvalue weighted by Gasteiger charge is 2.96. The lowest BCUT2D eigenvalue weighted by molar-refractivity contribution is 0.171. The van der Waals surface area contributed by atoms with Crippen molar-refractivity contribution in [3.63, 3.8) is 0 Å². The maximum atomic E-state index is 3.92. The van der Waals surface area contributed by atoms with Crippen LogP contribution in [-0.2, 0) is 0 Å². The van der Waals surface area contributed by atoms with Crippen LogP contribution < -0.4 is 10.6 Å². The molecule has 3 aliphatic carbocycles. The van der Waals surface area contributed by atoms with Crippen LogP contribution in [0.3, 0.4) is 0 Å². The minimum Gasteiger partial charge on any atom is -0.388 e. The molecule has 3 rings (SSSR count). The average Bonchev–Trinajstić information content (AvgIpc) is 2.80. The van der Waals surface area contributed by atoms with Crippen LogP contribution in [0.1, 0.15) is 47.0 Å². The standard InChI is InChI=1S/C14H24N2/c1-10(2)15-9-12-6-13(12)8-14(13,7-12)16-11(3,4)5/h15-16H,1,6-9H2,2-5H3. The minimum atomic E-state index is 0.264. The van der Waals surface area contributed by atoms with Gasteiger partial charge in [0.2, 0.25) is 0 Å². The van der Waals surface area contributed by atoms with Crippen molar-refractivity contribution in [3.8, 4) is 0 Å². The van der Waals surface area contributed by atoms with Gasteiger partial charge in [-0.2, -0.15) is 0 Å². The fraction of sp³-hybridized carbons (Fsp3) is 0.857. The van der Waals surface area contributed by atoms with Crippen LogP contribution in [0.2, 0.25) is 0 Å². The summed E-state index contributed by atoms with van der Waals surface area (Å²) in [6.07, 6.45) is 4.22. The first-order valence-corrected chi connectivity index (χ1v) is 6.43. The summed E-state index contributed by atoms with van der Waals surface area (Å²) in [5, 5.41) is 7.29. The van der Waals surface area contributed by atoms with Gasteiger partial charge in [0.25, 0.3) is 0 Å². The predicted octanol–water partition coefficient (Wildman–Crippen LogP) is 2.42. The smallest absolute Gasteiger partial charge is 0.0261 e. The third kappa shape index (κ3) is 1.11. The van der Waals surface area contributed by atoms with Gasteiger partial charge in [-0.15, -0.1) is 0 Å². The van der Waals surface area contributed by atoms with Crippen molar-refractivity contribution in [2.75, 3.05) is 6.54 Å². The first kappa shape index (κ1) is 10.6. The van der Waals surface area contributed by atoms with Crippen molar-refractivity contribution >= 4 is 0 Å². The third-order valence-corrected chi connectivity index (χ3v) is 4.91. The number of nitrogens with one attached hydrogen (secondary N) is 2. The summed E-state index contributed by atoms with van der Waals surface area (Å²) in [6.45, 7) is 14.0. The SMILES string of the molecule is C=C(C)NCC12CC3(NC(C)(C)C)CC13C2. The number of hydrogen-bond donors (Lipinski definition) is 2. The zero-order valence-corrected chi connectivity index (χ0v) is 11.0. The van der Waals surface area contributed by atoms with E-state index in [0.29, 0.717) is 16.4 Å². The molecule has 0 radical (unpaired) electrons. The van der Waals surface area contributed by atoms with E-state index in [1.54, 1.807) is 0 Å². The molecule has 1 spiro atoms. The van der Waals surface area contributed by atoms with Crippen LogP contribution in [0, 0.1) is 10.8 Å². The van der Waals surface area contributed by atoms with E-state index in [1.165, 1.54) is 19.3 Å². The highest BCUT2D eigenvalue weighted by molar-refractivity contribution is 5.49. The maximum Gasteiger partial charge on any atom is 0.0261 e. The molecule has 3 unspecified atom stereocenters. The molecule has 2 N–H and O–H groups in total. The summed E-state index contributed by atoms with van der Waals surface area (Å²) in [5.41, 5.74) is 3.19. The number of rotatable bonds is 4. The molecule has 3 saturated carbocycles. The number of allylic oxidation sites excluding steroid dienone is 1. The fourth-order valence-electron chi connectivity index (χ4n) is 4.41. The second kappa shape index (κ2) is 2.50. The van der Waals surface area contributed by atoms with Gasteiger partial charge in [-0.25, -0.2) is 0 Å². The summed E-state index contributed by atoms with van der Waals surface area (Å²) in [6, 6.07) is 0. The molecule has 0 amide bonds. The summed E-state index contributed by atoms with van der Waals surface area (Å²) in [7, 11) is 0. The summed E-state index contributed by atoms with van der Waals surface area (Å²) in [5.74, 6) is 0. The highest BCUT2D eigenvalue weighted by Crippen LogP contribution is 2.95. The first-order chi connectivity index (χ1) is 7.24. The topological polar surface area (TPSA) is 24.1 Å². The van der Waals surface area contributed by atoms with Crippen molar-refractivity contribution in [2.24, 2.45) is 10.8 Å². The Morgan fingerprint density at radius 3 is 2.44 bits per heavy atom. The van der Waals surface area contributed by atoms with Crippen LogP contribution in [-0.4, -0.2) is 17.6 Å². The van der Waals surface area contributed by atoms with Crippen molar-refractivity contribution in [1.29, 1.82) is 0 Å². The van der Waals surface area contributed by atoms with Crippen LogP contribution in [0.15, 0.2) is 12.3 Å². The Morgan fingerprint density at radius 2 is 1.94 bits per heavy atom. The molecule has 3 fully saturated rings. The van der Waals surface area contributed by atoms with E-state index < -0.39 is 0 Å². The van der Waals surface area contributed by atoms with E-state index >= 15 is 0 Å². The molecule has 16 heavy (non-hydrogen) atoms. The van der Waals surface area contributed by atoms with Gasteiger partial charge < -0.3 is 10.6 Å². The van der Waals surface area contributed by atoms with Gasteiger partial charge in [-0.1, -0.05) is 6.58 Å². The molecule has 3 aliphatic rings. The van der Waals surface area contributed by atoms with E-state index in [4.69, 9.17) is 0 Å². The molecule has 2 nitrogen and oxygen atoms in total. The van der Waals surface area contributed by atoms with Crippen molar-refractivity contribution < 1.29 is 0 Å². The molecule has 90 valence electrons. The maximum absolute atomic E-state index is 3.92. The molecule has 0 aromatic carbocycles. The van der Waals surface area contributed by atoms with Crippen LogP contribution in [0.5, 0.6) is 0 Å². The van der Waals surface area contributed by atoms with Crippen LogP contribution >= 0.6 is 0 Å². The Balaban J connectivity index is 1.61. The molecule has 0 aromatic rings. The van der Waals surface area contributed by atoms with Crippen molar-refractivity contribution in [2.45, 2.75) is 58.0 Å². The van der Waals surface area contributed by atoms with Gasteiger partial charge in [0, 0.05) is 23.3 Å². The molecule has 0 aliphatic heterocycles. The van der Waals surface area contributed by atoms with E-state index in [2.05, 4.69) is 44.9 Å². The van der Waals surface area contributed by atoms with Crippen LogP contribution in [0.4, 0.5) is 0 Å². The lowest BCUT2D eigenvalue weighted by atomic mass is 9.78. The molecule has 0 heterocycles.